The SMILES string of the molecule is COc1ccccc1-c1c([N+](=O)[O-])ccc(OC(=O)O)c1C. The first-order chi connectivity index (χ1) is 10.5. The number of methoxy groups -OCH3 is 1. The summed E-state index contributed by atoms with van der Waals surface area (Å²) in [6.07, 6.45) is -1.48. The molecule has 0 fully saturated rings. The highest BCUT2D eigenvalue weighted by molar-refractivity contribution is 5.83. The van der Waals surface area contributed by atoms with E-state index in [4.69, 9.17) is 9.84 Å². The lowest BCUT2D eigenvalue weighted by Gasteiger charge is -2.13. The van der Waals surface area contributed by atoms with Gasteiger partial charge in [-0.25, -0.2) is 4.79 Å². The molecular formula is C15H13NO6. The van der Waals surface area contributed by atoms with Crippen LogP contribution in [-0.4, -0.2) is 23.3 Å². The van der Waals surface area contributed by atoms with E-state index in [0.717, 1.165) is 0 Å². The van der Waals surface area contributed by atoms with Crippen molar-refractivity contribution >= 4 is 11.8 Å². The van der Waals surface area contributed by atoms with Crippen LogP contribution in [0.2, 0.25) is 0 Å². The van der Waals surface area contributed by atoms with Crippen LogP contribution in [-0.2, 0) is 0 Å². The molecule has 0 heterocycles. The molecule has 2 aromatic carbocycles. The Labute approximate surface area is 125 Å². The topological polar surface area (TPSA) is 98.9 Å². The predicted octanol–water partition coefficient (Wildman–Crippen LogP) is 3.64. The van der Waals surface area contributed by atoms with E-state index in [1.807, 2.05) is 0 Å². The highest BCUT2D eigenvalue weighted by Crippen LogP contribution is 2.41. The molecule has 1 N–H and O–H groups in total. The minimum Gasteiger partial charge on any atom is -0.496 e. The third-order valence-electron chi connectivity index (χ3n) is 3.16. The first-order valence-corrected chi connectivity index (χ1v) is 6.28. The lowest BCUT2D eigenvalue weighted by Crippen LogP contribution is -2.06. The van der Waals surface area contributed by atoms with Gasteiger partial charge in [0, 0.05) is 17.2 Å². The predicted molar refractivity (Wildman–Crippen MR) is 78.5 cm³/mol. The Kier molecular flexibility index (Phi) is 4.26. The van der Waals surface area contributed by atoms with Crippen molar-refractivity contribution in [3.8, 4) is 22.6 Å². The maximum atomic E-state index is 11.3. The summed E-state index contributed by atoms with van der Waals surface area (Å²) in [5.74, 6) is 0.486. The number of nitro benzene ring substituents is 1. The van der Waals surface area contributed by atoms with Crippen molar-refractivity contribution in [2.24, 2.45) is 0 Å². The van der Waals surface area contributed by atoms with Gasteiger partial charge in [0.15, 0.2) is 0 Å². The third kappa shape index (κ3) is 2.83. The van der Waals surface area contributed by atoms with Crippen molar-refractivity contribution in [2.75, 3.05) is 7.11 Å². The molecule has 7 heteroatoms. The average molecular weight is 303 g/mol. The largest absolute Gasteiger partial charge is 0.511 e. The van der Waals surface area contributed by atoms with Crippen molar-refractivity contribution in [1.82, 2.24) is 0 Å². The molecule has 0 radical (unpaired) electrons. The molecule has 2 aromatic rings. The second-order valence-corrected chi connectivity index (χ2v) is 4.41. The summed E-state index contributed by atoms with van der Waals surface area (Å²) in [5.41, 5.74) is 0.951. The lowest BCUT2D eigenvalue weighted by atomic mass is 9.97. The minimum absolute atomic E-state index is 0.0407. The maximum absolute atomic E-state index is 11.3. The minimum atomic E-state index is -1.48. The molecular weight excluding hydrogens is 290 g/mol. The number of carboxylic acid groups (broad SMARTS) is 1. The van der Waals surface area contributed by atoms with Crippen molar-refractivity contribution < 1.29 is 24.3 Å². The molecule has 0 aliphatic carbocycles. The van der Waals surface area contributed by atoms with Crippen LogP contribution >= 0.6 is 0 Å². The molecule has 7 nitrogen and oxygen atoms in total. The van der Waals surface area contributed by atoms with Gasteiger partial charge >= 0.3 is 6.16 Å². The summed E-state index contributed by atoms with van der Waals surface area (Å²) in [7, 11) is 1.46. The number of rotatable bonds is 4. The van der Waals surface area contributed by atoms with E-state index in [1.54, 1.807) is 31.2 Å². The van der Waals surface area contributed by atoms with E-state index in [9.17, 15) is 14.9 Å². The summed E-state index contributed by atoms with van der Waals surface area (Å²) < 4.78 is 9.90. The van der Waals surface area contributed by atoms with Crippen LogP contribution in [0, 0.1) is 17.0 Å². The fourth-order valence-electron chi connectivity index (χ4n) is 2.23. The molecule has 0 atom stereocenters. The molecule has 0 saturated carbocycles. The van der Waals surface area contributed by atoms with Crippen LogP contribution < -0.4 is 9.47 Å². The Hall–Kier alpha value is -3.09. The number of hydrogen-bond acceptors (Lipinski definition) is 5. The molecule has 2 rings (SSSR count). The molecule has 0 unspecified atom stereocenters. The highest BCUT2D eigenvalue weighted by Gasteiger charge is 2.23. The van der Waals surface area contributed by atoms with E-state index in [-0.39, 0.29) is 17.0 Å². The molecule has 0 amide bonds. The molecule has 0 saturated heterocycles. The molecule has 22 heavy (non-hydrogen) atoms. The van der Waals surface area contributed by atoms with Crippen LogP contribution in [0.25, 0.3) is 11.1 Å². The second-order valence-electron chi connectivity index (χ2n) is 4.41. The van der Waals surface area contributed by atoms with E-state index >= 15 is 0 Å². The summed E-state index contributed by atoms with van der Waals surface area (Å²) in [6, 6.07) is 9.27. The van der Waals surface area contributed by atoms with Crippen LogP contribution in [0.5, 0.6) is 11.5 Å². The Morgan fingerprint density at radius 1 is 1.18 bits per heavy atom. The molecule has 0 aromatic heterocycles. The van der Waals surface area contributed by atoms with Gasteiger partial charge in [0.1, 0.15) is 11.5 Å². The second kappa shape index (κ2) is 6.13. The Morgan fingerprint density at radius 3 is 2.45 bits per heavy atom. The zero-order valence-electron chi connectivity index (χ0n) is 11.9. The molecule has 0 aliphatic rings. The first kappa shape index (κ1) is 15.3. The summed E-state index contributed by atoms with van der Waals surface area (Å²) in [5, 5.41) is 20.0. The lowest BCUT2D eigenvalue weighted by molar-refractivity contribution is -0.384. The molecule has 114 valence electrons. The number of ether oxygens (including phenoxy) is 2. The van der Waals surface area contributed by atoms with Gasteiger partial charge in [-0.2, -0.15) is 0 Å². The monoisotopic (exact) mass is 303 g/mol. The third-order valence-corrected chi connectivity index (χ3v) is 3.16. The van der Waals surface area contributed by atoms with E-state index in [1.165, 1.54) is 19.2 Å². The van der Waals surface area contributed by atoms with E-state index < -0.39 is 11.1 Å². The van der Waals surface area contributed by atoms with E-state index in [2.05, 4.69) is 4.74 Å². The van der Waals surface area contributed by atoms with Crippen LogP contribution in [0.4, 0.5) is 10.5 Å². The van der Waals surface area contributed by atoms with Gasteiger partial charge in [0.25, 0.3) is 5.69 Å². The fraction of sp³-hybridized carbons (Fsp3) is 0.133. The summed E-state index contributed by atoms with van der Waals surface area (Å²) >= 11 is 0. The number of nitrogens with zero attached hydrogens (tertiary/aromatic N) is 1. The number of para-hydroxylation sites is 1. The van der Waals surface area contributed by atoms with Crippen molar-refractivity contribution in [1.29, 1.82) is 0 Å². The van der Waals surface area contributed by atoms with Crippen molar-refractivity contribution in [3.63, 3.8) is 0 Å². The van der Waals surface area contributed by atoms with Crippen molar-refractivity contribution in [3.05, 3.63) is 52.1 Å². The van der Waals surface area contributed by atoms with Gasteiger partial charge in [-0.15, -0.1) is 0 Å². The van der Waals surface area contributed by atoms with E-state index in [0.29, 0.717) is 16.9 Å². The zero-order chi connectivity index (χ0) is 16.3. The molecule has 0 bridgehead atoms. The highest BCUT2D eigenvalue weighted by atomic mass is 16.7. The Bertz CT molecular complexity index is 741. The smallest absolute Gasteiger partial charge is 0.496 e. The van der Waals surface area contributed by atoms with Gasteiger partial charge in [0.05, 0.1) is 17.6 Å². The molecule has 0 spiro atoms. The number of hydrogen-bond donors (Lipinski definition) is 1. The standard InChI is InChI=1S/C15H13NO6/c1-9-12(22-15(17)18)8-7-11(16(19)20)14(9)10-5-3-4-6-13(10)21-2/h3-8H,1-2H3,(H,17,18). The van der Waals surface area contributed by atoms with Crippen LogP contribution in [0.1, 0.15) is 5.56 Å². The van der Waals surface area contributed by atoms with Gasteiger partial charge in [-0.3, -0.25) is 10.1 Å². The maximum Gasteiger partial charge on any atom is 0.511 e. The van der Waals surface area contributed by atoms with Gasteiger partial charge < -0.3 is 14.6 Å². The number of nitro groups is 1. The fourth-order valence-corrected chi connectivity index (χ4v) is 2.23. The van der Waals surface area contributed by atoms with Crippen molar-refractivity contribution in [2.45, 2.75) is 6.92 Å². The summed E-state index contributed by atoms with van der Waals surface area (Å²) in [4.78, 5) is 21.5. The summed E-state index contributed by atoms with van der Waals surface area (Å²) in [6.45, 7) is 1.56. The average Bonchev–Trinajstić information content (AvgIpc) is 2.48. The number of carbonyl (C=O) groups is 1. The van der Waals surface area contributed by atoms with Gasteiger partial charge in [0.2, 0.25) is 0 Å². The number of benzene rings is 2. The Morgan fingerprint density at radius 2 is 1.86 bits per heavy atom. The quantitative estimate of drug-likeness (QED) is 0.400. The van der Waals surface area contributed by atoms with Gasteiger partial charge in [-0.1, -0.05) is 18.2 Å². The Balaban J connectivity index is 2.75. The van der Waals surface area contributed by atoms with Gasteiger partial charge in [-0.05, 0) is 19.1 Å². The van der Waals surface area contributed by atoms with Crippen LogP contribution in [0.15, 0.2) is 36.4 Å². The zero-order valence-corrected chi connectivity index (χ0v) is 11.9. The van der Waals surface area contributed by atoms with Crippen LogP contribution in [0.3, 0.4) is 0 Å². The molecule has 0 aliphatic heterocycles. The normalized spacial score (nSPS) is 10.1. The first-order valence-electron chi connectivity index (χ1n) is 6.28.